The fourth-order valence-electron chi connectivity index (χ4n) is 1.76. The molecule has 0 aromatic heterocycles. The summed E-state index contributed by atoms with van der Waals surface area (Å²) in [4.78, 5) is 23.2. The normalized spacial score (nSPS) is 10.1. The Kier molecular flexibility index (Phi) is 6.90. The van der Waals surface area contributed by atoms with E-state index < -0.39 is 11.9 Å². The molecule has 1 N–H and O–H groups in total. The van der Waals surface area contributed by atoms with Crippen LogP contribution in [0.3, 0.4) is 0 Å². The van der Waals surface area contributed by atoms with Crippen molar-refractivity contribution in [1.82, 2.24) is 5.32 Å². The van der Waals surface area contributed by atoms with Crippen molar-refractivity contribution in [2.75, 3.05) is 13.2 Å². The van der Waals surface area contributed by atoms with Gasteiger partial charge in [-0.15, -0.1) is 0 Å². The number of carbonyl (C=O) groups excluding carboxylic acids is 2. The maximum absolute atomic E-state index is 11.6. The average Bonchev–Trinajstić information content (AvgIpc) is 2.58. The van der Waals surface area contributed by atoms with Gasteiger partial charge in [0, 0.05) is 11.6 Å². The van der Waals surface area contributed by atoms with Gasteiger partial charge in [0.25, 0.3) is 5.91 Å². The summed E-state index contributed by atoms with van der Waals surface area (Å²) in [6.07, 6.45) is 0. The third-order valence-corrected chi connectivity index (χ3v) is 3.47. The van der Waals surface area contributed by atoms with Gasteiger partial charge in [0.05, 0.1) is 5.02 Å². The summed E-state index contributed by atoms with van der Waals surface area (Å²) in [5.74, 6) is -0.751. The van der Waals surface area contributed by atoms with Crippen molar-refractivity contribution in [3.63, 3.8) is 0 Å². The lowest BCUT2D eigenvalue weighted by atomic mass is 10.2. The highest BCUT2D eigenvalue weighted by Gasteiger charge is 2.10. The molecular weight excluding hydrogens is 353 g/mol. The Morgan fingerprint density at radius 1 is 1.00 bits per heavy atom. The Morgan fingerprint density at radius 3 is 2.46 bits per heavy atom. The van der Waals surface area contributed by atoms with Crippen LogP contribution in [0.25, 0.3) is 0 Å². The molecule has 24 heavy (non-hydrogen) atoms. The maximum Gasteiger partial charge on any atom is 0.344 e. The van der Waals surface area contributed by atoms with Crippen LogP contribution in [0, 0.1) is 0 Å². The molecule has 0 bridgehead atoms. The Hall–Kier alpha value is -2.24. The second-order valence-corrected chi connectivity index (χ2v) is 5.63. The molecule has 0 atom stereocenters. The van der Waals surface area contributed by atoms with Crippen molar-refractivity contribution in [2.24, 2.45) is 0 Å². The molecule has 0 aliphatic carbocycles. The molecule has 126 valence electrons. The molecule has 0 aliphatic rings. The van der Waals surface area contributed by atoms with Gasteiger partial charge in [-0.3, -0.25) is 4.79 Å². The van der Waals surface area contributed by atoms with Crippen LogP contribution in [-0.2, 0) is 20.9 Å². The van der Waals surface area contributed by atoms with E-state index in [2.05, 4.69) is 5.32 Å². The van der Waals surface area contributed by atoms with Gasteiger partial charge in [0.15, 0.2) is 13.2 Å². The second kappa shape index (κ2) is 9.15. The van der Waals surface area contributed by atoms with E-state index in [0.29, 0.717) is 17.3 Å². The summed E-state index contributed by atoms with van der Waals surface area (Å²) in [5.41, 5.74) is 0.956. The summed E-state index contributed by atoms with van der Waals surface area (Å²) >= 11 is 11.7. The van der Waals surface area contributed by atoms with Crippen molar-refractivity contribution in [3.8, 4) is 5.75 Å². The molecule has 2 rings (SSSR count). The van der Waals surface area contributed by atoms with E-state index in [1.165, 1.54) is 6.07 Å². The number of amides is 1. The number of rotatable bonds is 7. The fraction of sp³-hybridized carbons (Fsp3) is 0.176. The van der Waals surface area contributed by atoms with Gasteiger partial charge in [-0.1, -0.05) is 53.5 Å². The lowest BCUT2D eigenvalue weighted by Gasteiger charge is -2.09. The quantitative estimate of drug-likeness (QED) is 0.763. The lowest BCUT2D eigenvalue weighted by molar-refractivity contribution is -0.150. The van der Waals surface area contributed by atoms with Crippen LogP contribution in [-0.4, -0.2) is 25.1 Å². The van der Waals surface area contributed by atoms with Crippen LogP contribution in [0.5, 0.6) is 5.75 Å². The van der Waals surface area contributed by atoms with Gasteiger partial charge in [0.2, 0.25) is 0 Å². The Morgan fingerprint density at radius 2 is 1.75 bits per heavy atom. The standard InChI is InChI=1S/C17H15Cl2NO4/c18-13-6-7-15(14(19)8-13)23-11-17(22)24-10-16(21)20-9-12-4-2-1-3-5-12/h1-8H,9-11H2,(H,20,21). The molecule has 0 spiro atoms. The number of halogens is 2. The molecule has 0 radical (unpaired) electrons. The SMILES string of the molecule is O=C(COC(=O)COc1ccc(Cl)cc1Cl)NCc1ccccc1. The first-order chi connectivity index (χ1) is 11.5. The minimum Gasteiger partial charge on any atom is -0.480 e. The number of hydrogen-bond donors (Lipinski definition) is 1. The largest absolute Gasteiger partial charge is 0.480 e. The van der Waals surface area contributed by atoms with E-state index in [-0.39, 0.29) is 18.2 Å². The van der Waals surface area contributed by atoms with Gasteiger partial charge in [0.1, 0.15) is 5.75 Å². The zero-order valence-corrected chi connectivity index (χ0v) is 14.1. The highest BCUT2D eigenvalue weighted by atomic mass is 35.5. The van der Waals surface area contributed by atoms with Crippen LogP contribution >= 0.6 is 23.2 Å². The van der Waals surface area contributed by atoms with Crippen molar-refractivity contribution in [1.29, 1.82) is 0 Å². The number of ether oxygens (including phenoxy) is 2. The minimum atomic E-state index is -0.670. The first-order valence-corrected chi connectivity index (χ1v) is 7.84. The molecule has 0 unspecified atom stereocenters. The minimum absolute atomic E-state index is 0.288. The molecular formula is C17H15Cl2NO4. The van der Waals surface area contributed by atoms with Crippen LogP contribution in [0.4, 0.5) is 0 Å². The zero-order valence-electron chi connectivity index (χ0n) is 12.6. The predicted molar refractivity (Wildman–Crippen MR) is 91.2 cm³/mol. The predicted octanol–water partition coefficient (Wildman–Crippen LogP) is 3.23. The maximum atomic E-state index is 11.6. The highest BCUT2D eigenvalue weighted by Crippen LogP contribution is 2.27. The third kappa shape index (κ3) is 6.10. The molecule has 5 nitrogen and oxygen atoms in total. The second-order valence-electron chi connectivity index (χ2n) is 4.79. The molecule has 0 saturated carbocycles. The van der Waals surface area contributed by atoms with E-state index in [1.807, 2.05) is 30.3 Å². The number of esters is 1. The van der Waals surface area contributed by atoms with E-state index >= 15 is 0 Å². The van der Waals surface area contributed by atoms with Gasteiger partial charge >= 0.3 is 5.97 Å². The monoisotopic (exact) mass is 367 g/mol. The number of hydrogen-bond acceptors (Lipinski definition) is 4. The van der Waals surface area contributed by atoms with E-state index in [9.17, 15) is 9.59 Å². The van der Waals surface area contributed by atoms with Gasteiger partial charge < -0.3 is 14.8 Å². The third-order valence-electron chi connectivity index (χ3n) is 2.94. The van der Waals surface area contributed by atoms with E-state index in [1.54, 1.807) is 12.1 Å². The van der Waals surface area contributed by atoms with Gasteiger partial charge in [-0.2, -0.15) is 0 Å². The molecule has 0 fully saturated rings. The van der Waals surface area contributed by atoms with Crippen LogP contribution in [0.15, 0.2) is 48.5 Å². The summed E-state index contributed by atoms with van der Waals surface area (Å²) in [6, 6.07) is 14.0. The van der Waals surface area contributed by atoms with E-state index in [0.717, 1.165) is 5.56 Å². The van der Waals surface area contributed by atoms with Crippen molar-refractivity contribution in [3.05, 3.63) is 64.1 Å². The van der Waals surface area contributed by atoms with E-state index in [4.69, 9.17) is 32.7 Å². The summed E-state index contributed by atoms with van der Waals surface area (Å²) in [7, 11) is 0. The zero-order chi connectivity index (χ0) is 17.4. The number of nitrogens with one attached hydrogen (secondary N) is 1. The van der Waals surface area contributed by atoms with Crippen molar-refractivity contribution < 1.29 is 19.1 Å². The number of carbonyl (C=O) groups is 2. The summed E-state index contributed by atoms with van der Waals surface area (Å²) in [5, 5.41) is 3.40. The Labute approximate surface area is 149 Å². The van der Waals surface area contributed by atoms with Crippen molar-refractivity contribution >= 4 is 35.1 Å². The molecule has 0 saturated heterocycles. The smallest absolute Gasteiger partial charge is 0.344 e. The van der Waals surface area contributed by atoms with Crippen molar-refractivity contribution in [2.45, 2.75) is 6.54 Å². The van der Waals surface area contributed by atoms with Crippen LogP contribution in [0.1, 0.15) is 5.56 Å². The van der Waals surface area contributed by atoms with Crippen LogP contribution < -0.4 is 10.1 Å². The molecule has 0 heterocycles. The Balaban J connectivity index is 1.68. The molecule has 2 aromatic rings. The van der Waals surface area contributed by atoms with Gasteiger partial charge in [-0.25, -0.2) is 4.79 Å². The first kappa shape index (κ1) is 18.1. The lowest BCUT2D eigenvalue weighted by Crippen LogP contribution is -2.29. The fourth-order valence-corrected chi connectivity index (χ4v) is 2.23. The average molecular weight is 368 g/mol. The molecule has 2 aromatic carbocycles. The van der Waals surface area contributed by atoms with Crippen LogP contribution in [0.2, 0.25) is 10.0 Å². The van der Waals surface area contributed by atoms with Gasteiger partial charge in [-0.05, 0) is 23.8 Å². The first-order valence-electron chi connectivity index (χ1n) is 7.08. The molecule has 0 aliphatic heterocycles. The number of benzene rings is 2. The molecule has 7 heteroatoms. The summed E-state index contributed by atoms with van der Waals surface area (Å²) in [6.45, 7) is -0.356. The highest BCUT2D eigenvalue weighted by molar-refractivity contribution is 6.35. The molecule has 1 amide bonds. The topological polar surface area (TPSA) is 64.6 Å². The summed E-state index contributed by atoms with van der Waals surface area (Å²) < 4.78 is 10.1. The Bertz CT molecular complexity index is 707.